The van der Waals surface area contributed by atoms with Gasteiger partial charge in [-0.15, -0.1) is 16.4 Å². The van der Waals surface area contributed by atoms with Gasteiger partial charge in [-0.05, 0) is 41.8 Å². The van der Waals surface area contributed by atoms with Gasteiger partial charge >= 0.3 is 12.1 Å². The van der Waals surface area contributed by atoms with Crippen LogP contribution in [0.4, 0.5) is 13.2 Å². The fraction of sp³-hybridized carbons (Fsp3) is 0.346. The van der Waals surface area contributed by atoms with E-state index in [4.69, 9.17) is 14.6 Å². The summed E-state index contributed by atoms with van der Waals surface area (Å²) in [6, 6.07) is 7.02. The van der Waals surface area contributed by atoms with E-state index >= 15 is 0 Å². The number of methoxy groups -OCH3 is 1. The molecule has 2 aromatic heterocycles. The van der Waals surface area contributed by atoms with Crippen molar-refractivity contribution in [2.24, 2.45) is 11.1 Å². The number of hydrogen-bond donors (Lipinski definition) is 2. The summed E-state index contributed by atoms with van der Waals surface area (Å²) in [6.45, 7) is 3.51. The fourth-order valence-corrected chi connectivity index (χ4v) is 5.84. The zero-order chi connectivity index (χ0) is 31.5. The summed E-state index contributed by atoms with van der Waals surface area (Å²) in [4.78, 5) is 29.8. The highest BCUT2D eigenvalue weighted by molar-refractivity contribution is 7.91. The topological polar surface area (TPSA) is 168 Å². The molecule has 0 saturated carbocycles. The van der Waals surface area contributed by atoms with Crippen molar-refractivity contribution >= 4 is 43.5 Å². The first-order chi connectivity index (χ1) is 20.2. The average molecular weight is 641 g/mol. The van der Waals surface area contributed by atoms with E-state index in [-0.39, 0.29) is 23.3 Å². The summed E-state index contributed by atoms with van der Waals surface area (Å²) in [6.07, 6.45) is -3.09. The van der Waals surface area contributed by atoms with Crippen molar-refractivity contribution in [3.63, 3.8) is 0 Å². The van der Waals surface area contributed by atoms with Crippen molar-refractivity contribution in [2.45, 2.75) is 49.5 Å². The van der Waals surface area contributed by atoms with Gasteiger partial charge in [-0.2, -0.15) is 13.2 Å². The Morgan fingerprint density at radius 3 is 2.44 bits per heavy atom. The van der Waals surface area contributed by atoms with Gasteiger partial charge in [0.15, 0.2) is 0 Å². The number of carbonyl (C=O) groups excluding carboxylic acids is 2. The average Bonchev–Trinajstić information content (AvgIpc) is 3.58. The number of nitrogens with zero attached hydrogens (tertiary/aromatic N) is 4. The van der Waals surface area contributed by atoms with Crippen LogP contribution in [0.15, 0.2) is 53.0 Å². The van der Waals surface area contributed by atoms with Crippen LogP contribution >= 0.6 is 11.3 Å². The number of primary sulfonamides is 1. The normalized spacial score (nSPS) is 13.6. The third-order valence-electron chi connectivity index (χ3n) is 6.24. The maximum Gasteiger partial charge on any atom is 0.416 e. The number of aromatic nitrogens is 4. The van der Waals surface area contributed by atoms with Crippen LogP contribution in [0.2, 0.25) is 0 Å². The fourth-order valence-electron chi connectivity index (χ4n) is 4.15. The lowest BCUT2D eigenvalue weighted by atomic mass is 10.0. The predicted molar refractivity (Wildman–Crippen MR) is 148 cm³/mol. The zero-order valence-corrected chi connectivity index (χ0v) is 24.7. The van der Waals surface area contributed by atoms with Gasteiger partial charge < -0.3 is 14.8 Å². The van der Waals surface area contributed by atoms with Gasteiger partial charge in [-0.1, -0.05) is 31.2 Å². The SMILES string of the molecule is COC(=O)[C@H](Cc1ccc(C(F)(F)F)cc1)NC(=O)[C@H](C(C)C)n1cc(COc2ccc3nc(S(N)(=O)=O)sc3c2)nn1. The molecule has 230 valence electrons. The Labute approximate surface area is 248 Å². The van der Waals surface area contributed by atoms with E-state index < -0.39 is 45.7 Å². The van der Waals surface area contributed by atoms with E-state index in [9.17, 15) is 31.2 Å². The van der Waals surface area contributed by atoms with E-state index in [2.05, 4.69) is 20.6 Å². The van der Waals surface area contributed by atoms with Crippen molar-refractivity contribution in [2.75, 3.05) is 7.11 Å². The van der Waals surface area contributed by atoms with Gasteiger partial charge in [0.25, 0.3) is 10.0 Å². The summed E-state index contributed by atoms with van der Waals surface area (Å²) >= 11 is 0.906. The number of amides is 1. The third kappa shape index (κ3) is 7.85. The number of nitrogens with two attached hydrogens (primary N) is 1. The molecular weight excluding hydrogens is 613 g/mol. The lowest BCUT2D eigenvalue weighted by molar-refractivity contribution is -0.145. The Balaban J connectivity index is 1.44. The van der Waals surface area contributed by atoms with E-state index in [0.29, 0.717) is 27.2 Å². The Bertz CT molecular complexity index is 1720. The Hall–Kier alpha value is -4.09. The first-order valence-electron chi connectivity index (χ1n) is 12.7. The van der Waals surface area contributed by atoms with Crippen LogP contribution in [0.3, 0.4) is 0 Å². The molecule has 0 aliphatic heterocycles. The Morgan fingerprint density at radius 2 is 1.84 bits per heavy atom. The molecule has 0 fully saturated rings. The number of fused-ring (bicyclic) bond motifs is 1. The number of ether oxygens (including phenoxy) is 2. The molecule has 2 atom stereocenters. The quantitative estimate of drug-likeness (QED) is 0.234. The molecule has 4 aromatic rings. The van der Waals surface area contributed by atoms with Crippen LogP contribution in [0.5, 0.6) is 5.75 Å². The van der Waals surface area contributed by atoms with E-state index in [1.807, 2.05) is 0 Å². The predicted octanol–water partition coefficient (Wildman–Crippen LogP) is 3.23. The summed E-state index contributed by atoms with van der Waals surface area (Å²) in [5.74, 6) is -1.23. The van der Waals surface area contributed by atoms with Crippen LogP contribution in [-0.4, -0.2) is 53.4 Å². The monoisotopic (exact) mass is 640 g/mol. The number of sulfonamides is 1. The van der Waals surface area contributed by atoms with Gasteiger partial charge in [0, 0.05) is 6.42 Å². The molecule has 2 heterocycles. The smallest absolute Gasteiger partial charge is 0.416 e. The van der Waals surface area contributed by atoms with E-state index in [0.717, 1.165) is 30.6 Å². The molecule has 17 heteroatoms. The highest BCUT2D eigenvalue weighted by Gasteiger charge is 2.32. The van der Waals surface area contributed by atoms with Crippen molar-refractivity contribution in [1.29, 1.82) is 0 Å². The van der Waals surface area contributed by atoms with Crippen molar-refractivity contribution in [3.8, 4) is 5.75 Å². The molecular formula is C26H27F3N6O6S2. The lowest BCUT2D eigenvalue weighted by Gasteiger charge is -2.23. The van der Waals surface area contributed by atoms with E-state index in [1.165, 1.54) is 23.0 Å². The summed E-state index contributed by atoms with van der Waals surface area (Å²) in [5, 5.41) is 15.9. The number of hydrogen-bond acceptors (Lipinski definition) is 10. The van der Waals surface area contributed by atoms with Crippen LogP contribution in [0.25, 0.3) is 10.2 Å². The lowest BCUT2D eigenvalue weighted by Crippen LogP contribution is -2.47. The van der Waals surface area contributed by atoms with Gasteiger partial charge in [-0.3, -0.25) is 4.79 Å². The molecule has 12 nitrogen and oxygen atoms in total. The first-order valence-corrected chi connectivity index (χ1v) is 15.0. The number of nitrogens with one attached hydrogen (secondary N) is 1. The Morgan fingerprint density at radius 1 is 1.14 bits per heavy atom. The van der Waals surface area contributed by atoms with Crippen molar-refractivity contribution < 1.29 is 40.7 Å². The minimum atomic E-state index is -4.50. The number of halogens is 3. The maximum atomic E-state index is 13.3. The third-order valence-corrected chi connectivity index (χ3v) is 8.57. The molecule has 3 N–H and O–H groups in total. The second-order valence-corrected chi connectivity index (χ2v) is 12.6. The standard InChI is InChI=1S/C26H27F3N6O6S2/c1-14(2)22(23(36)31-20(24(37)40-3)10-15-4-6-16(7-5-15)26(27,28)29)35-12-17(33-34-35)13-41-18-8-9-19-21(11-18)42-25(32-19)43(30,38)39/h4-9,11-12,14,20,22H,10,13H2,1-3H3,(H,31,36)(H2,30,38,39)/t20-,22-/m0/s1. The van der Waals surface area contributed by atoms with Crippen molar-refractivity contribution in [1.82, 2.24) is 25.3 Å². The Kier molecular flexibility index (Phi) is 9.36. The molecule has 1 amide bonds. The minimum absolute atomic E-state index is 0.0303. The molecule has 0 aliphatic rings. The molecule has 43 heavy (non-hydrogen) atoms. The molecule has 2 aromatic carbocycles. The largest absolute Gasteiger partial charge is 0.487 e. The van der Waals surface area contributed by atoms with Crippen LogP contribution in [0.1, 0.15) is 36.7 Å². The van der Waals surface area contributed by atoms with Gasteiger partial charge in [0.2, 0.25) is 10.2 Å². The summed E-state index contributed by atoms with van der Waals surface area (Å²) in [7, 11) is -2.80. The van der Waals surface area contributed by atoms with Crippen LogP contribution < -0.4 is 15.2 Å². The highest BCUT2D eigenvalue weighted by Crippen LogP contribution is 2.30. The first kappa shape index (κ1) is 31.8. The summed E-state index contributed by atoms with van der Waals surface area (Å²) in [5.41, 5.74) is 0.382. The number of thiazole rings is 1. The number of rotatable bonds is 11. The van der Waals surface area contributed by atoms with Gasteiger partial charge in [0.05, 0.1) is 29.1 Å². The number of carbonyl (C=O) groups is 2. The van der Waals surface area contributed by atoms with Crippen molar-refractivity contribution in [3.05, 3.63) is 65.5 Å². The molecule has 0 unspecified atom stereocenters. The molecule has 0 radical (unpaired) electrons. The zero-order valence-electron chi connectivity index (χ0n) is 23.0. The molecule has 4 rings (SSSR count). The van der Waals surface area contributed by atoms with Crippen LogP contribution in [0, 0.1) is 5.92 Å². The second kappa shape index (κ2) is 12.6. The van der Waals surface area contributed by atoms with Gasteiger partial charge in [-0.25, -0.2) is 28.0 Å². The number of benzene rings is 2. The highest BCUT2D eigenvalue weighted by atomic mass is 32.2. The minimum Gasteiger partial charge on any atom is -0.487 e. The van der Waals surface area contributed by atoms with E-state index in [1.54, 1.807) is 32.0 Å². The molecule has 0 bridgehead atoms. The van der Waals surface area contributed by atoms with Crippen LogP contribution in [-0.2, 0) is 43.6 Å². The summed E-state index contributed by atoms with van der Waals surface area (Å²) < 4.78 is 74.1. The van der Waals surface area contributed by atoms with Gasteiger partial charge in [0.1, 0.15) is 30.1 Å². The number of esters is 1. The molecule has 0 aliphatic carbocycles. The number of alkyl halides is 3. The second-order valence-electron chi connectivity index (χ2n) is 9.80. The maximum absolute atomic E-state index is 13.3. The molecule has 0 spiro atoms. The molecule has 0 saturated heterocycles.